The van der Waals surface area contributed by atoms with Crippen LogP contribution < -0.4 is 10.1 Å². The Hall–Kier alpha value is -2.34. The van der Waals surface area contributed by atoms with Crippen LogP contribution in [0, 0.1) is 0 Å². The third-order valence-corrected chi connectivity index (χ3v) is 6.46. The largest absolute Gasteiger partial charge is 0.496 e. The Kier molecular flexibility index (Phi) is 5.56. The zero-order chi connectivity index (χ0) is 19.5. The number of para-hydroxylation sites is 1. The molecule has 0 spiro atoms. The van der Waals surface area contributed by atoms with Crippen molar-refractivity contribution in [3.63, 3.8) is 0 Å². The Labute approximate surface area is 160 Å². The van der Waals surface area contributed by atoms with Crippen molar-refractivity contribution in [3.05, 3.63) is 59.7 Å². The molecule has 144 valence electrons. The van der Waals surface area contributed by atoms with E-state index in [-0.39, 0.29) is 16.2 Å². The maximum absolute atomic E-state index is 12.7. The fraction of sp³-hybridized carbons (Fsp3) is 0.381. The summed E-state index contributed by atoms with van der Waals surface area (Å²) >= 11 is 0. The summed E-state index contributed by atoms with van der Waals surface area (Å²) < 4.78 is 29.0. The molecule has 3 rings (SSSR count). The van der Waals surface area contributed by atoms with Gasteiger partial charge in [-0.2, -0.15) is 0 Å². The minimum atomic E-state index is -3.35. The molecule has 1 amide bonds. The monoisotopic (exact) mass is 387 g/mol. The zero-order valence-electron chi connectivity index (χ0n) is 15.7. The summed E-state index contributed by atoms with van der Waals surface area (Å²) in [6.45, 7) is 0.495. The van der Waals surface area contributed by atoms with Crippen LogP contribution >= 0.6 is 0 Å². The average Bonchev–Trinajstić information content (AvgIpc) is 3.15. The van der Waals surface area contributed by atoms with E-state index in [9.17, 15) is 13.2 Å². The van der Waals surface area contributed by atoms with Gasteiger partial charge in [0, 0.05) is 29.3 Å². The summed E-state index contributed by atoms with van der Waals surface area (Å²) in [6, 6.07) is 14.1. The van der Waals surface area contributed by atoms with E-state index in [0.29, 0.717) is 12.1 Å². The van der Waals surface area contributed by atoms with Crippen LogP contribution in [-0.4, -0.2) is 34.2 Å². The van der Waals surface area contributed by atoms with Crippen molar-refractivity contribution in [2.45, 2.75) is 36.0 Å². The summed E-state index contributed by atoms with van der Waals surface area (Å²) in [4.78, 5) is 12.8. The van der Waals surface area contributed by atoms with Gasteiger partial charge in [0.25, 0.3) is 5.91 Å². The fourth-order valence-electron chi connectivity index (χ4n) is 3.90. The molecule has 1 aliphatic rings. The molecule has 1 aliphatic carbocycles. The highest BCUT2D eigenvalue weighted by Crippen LogP contribution is 2.44. The van der Waals surface area contributed by atoms with Gasteiger partial charge < -0.3 is 10.1 Å². The third kappa shape index (κ3) is 4.16. The third-order valence-electron chi connectivity index (χ3n) is 5.35. The second kappa shape index (κ2) is 7.72. The lowest BCUT2D eigenvalue weighted by Gasteiger charge is -2.31. The predicted octanol–water partition coefficient (Wildman–Crippen LogP) is 3.34. The number of nitrogens with one attached hydrogen (secondary N) is 1. The summed E-state index contributed by atoms with van der Waals surface area (Å²) in [5, 5.41) is 3.02. The van der Waals surface area contributed by atoms with Crippen LogP contribution in [0.3, 0.4) is 0 Å². The van der Waals surface area contributed by atoms with Crippen molar-refractivity contribution >= 4 is 15.7 Å². The topological polar surface area (TPSA) is 72.5 Å². The molecule has 0 heterocycles. The highest BCUT2D eigenvalue weighted by atomic mass is 32.2. The number of sulfone groups is 1. The summed E-state index contributed by atoms with van der Waals surface area (Å²) in [6.07, 6.45) is 5.32. The quantitative estimate of drug-likeness (QED) is 0.825. The number of hydrogen-bond donors (Lipinski definition) is 1. The van der Waals surface area contributed by atoms with E-state index in [1.54, 1.807) is 19.2 Å². The van der Waals surface area contributed by atoms with Gasteiger partial charge in [0.2, 0.25) is 0 Å². The van der Waals surface area contributed by atoms with Crippen LogP contribution in [-0.2, 0) is 15.3 Å². The molecule has 2 aromatic carbocycles. The number of rotatable bonds is 6. The molecular weight excluding hydrogens is 362 g/mol. The Morgan fingerprint density at radius 2 is 1.81 bits per heavy atom. The van der Waals surface area contributed by atoms with Crippen molar-refractivity contribution in [1.29, 1.82) is 0 Å². The van der Waals surface area contributed by atoms with Gasteiger partial charge in [-0.15, -0.1) is 0 Å². The number of carbonyl (C=O) groups is 1. The fourth-order valence-corrected chi connectivity index (χ4v) is 4.56. The molecule has 0 aromatic heterocycles. The van der Waals surface area contributed by atoms with E-state index in [0.717, 1.165) is 43.3 Å². The van der Waals surface area contributed by atoms with Gasteiger partial charge in [-0.25, -0.2) is 8.42 Å². The van der Waals surface area contributed by atoms with Crippen molar-refractivity contribution in [3.8, 4) is 5.75 Å². The van der Waals surface area contributed by atoms with E-state index in [4.69, 9.17) is 4.74 Å². The van der Waals surface area contributed by atoms with Gasteiger partial charge in [0.15, 0.2) is 9.84 Å². The number of ether oxygens (including phenoxy) is 1. The first kappa shape index (κ1) is 19.4. The lowest BCUT2D eigenvalue weighted by molar-refractivity contribution is 0.0942. The van der Waals surface area contributed by atoms with Gasteiger partial charge in [0.1, 0.15) is 5.75 Å². The van der Waals surface area contributed by atoms with Gasteiger partial charge in [-0.3, -0.25) is 4.79 Å². The van der Waals surface area contributed by atoms with Gasteiger partial charge in [0.05, 0.1) is 12.0 Å². The first-order valence-electron chi connectivity index (χ1n) is 9.08. The minimum Gasteiger partial charge on any atom is -0.496 e. The molecule has 0 radical (unpaired) electrons. The molecule has 0 saturated heterocycles. The van der Waals surface area contributed by atoms with Crippen LogP contribution in [0.1, 0.15) is 41.6 Å². The minimum absolute atomic E-state index is 0.149. The van der Waals surface area contributed by atoms with Crippen molar-refractivity contribution in [2.75, 3.05) is 19.9 Å². The zero-order valence-corrected chi connectivity index (χ0v) is 16.5. The van der Waals surface area contributed by atoms with E-state index >= 15 is 0 Å². The van der Waals surface area contributed by atoms with Crippen molar-refractivity contribution in [2.24, 2.45) is 0 Å². The average molecular weight is 388 g/mol. The Bertz CT molecular complexity index is 931. The van der Waals surface area contributed by atoms with Crippen molar-refractivity contribution < 1.29 is 17.9 Å². The first-order chi connectivity index (χ1) is 12.9. The lowest BCUT2D eigenvalue weighted by Crippen LogP contribution is -2.39. The molecule has 27 heavy (non-hydrogen) atoms. The number of amides is 1. The molecule has 1 fully saturated rings. The Morgan fingerprint density at radius 3 is 2.48 bits per heavy atom. The van der Waals surface area contributed by atoms with Crippen LogP contribution in [0.25, 0.3) is 0 Å². The second-order valence-corrected chi connectivity index (χ2v) is 9.19. The molecule has 0 atom stereocenters. The van der Waals surface area contributed by atoms with Crippen molar-refractivity contribution in [1.82, 2.24) is 5.32 Å². The Balaban J connectivity index is 1.82. The number of methoxy groups -OCH3 is 1. The van der Waals surface area contributed by atoms with E-state index < -0.39 is 9.84 Å². The van der Waals surface area contributed by atoms with E-state index in [1.165, 1.54) is 12.1 Å². The van der Waals surface area contributed by atoms with Crippen LogP contribution in [0.4, 0.5) is 0 Å². The molecule has 1 N–H and O–H groups in total. The number of carbonyl (C=O) groups excluding carboxylic acids is 1. The standard InChI is InChI=1S/C21H25NO4S/c1-26-19-11-4-3-10-18(19)21(12-5-6-13-21)15-22-20(23)16-8-7-9-17(14-16)27(2,24)25/h3-4,7-11,14H,5-6,12-13,15H2,1-2H3,(H,22,23). The molecule has 0 aliphatic heterocycles. The molecule has 0 unspecified atom stereocenters. The molecule has 1 saturated carbocycles. The normalized spacial score (nSPS) is 16.1. The van der Waals surface area contributed by atoms with Crippen LogP contribution in [0.5, 0.6) is 5.75 Å². The number of hydrogen-bond acceptors (Lipinski definition) is 4. The molecule has 5 nitrogen and oxygen atoms in total. The molecular formula is C21H25NO4S. The van der Waals surface area contributed by atoms with Gasteiger partial charge in [-0.05, 0) is 37.1 Å². The van der Waals surface area contributed by atoms with Gasteiger partial charge in [-0.1, -0.05) is 37.1 Å². The molecule has 0 bridgehead atoms. The molecule has 6 heteroatoms. The van der Waals surface area contributed by atoms with Gasteiger partial charge >= 0.3 is 0 Å². The van der Waals surface area contributed by atoms with E-state index in [2.05, 4.69) is 11.4 Å². The summed E-state index contributed by atoms with van der Waals surface area (Å²) in [7, 11) is -1.69. The first-order valence-corrected chi connectivity index (χ1v) is 11.0. The van der Waals surface area contributed by atoms with E-state index in [1.807, 2.05) is 18.2 Å². The maximum atomic E-state index is 12.7. The van der Waals surface area contributed by atoms with Crippen LogP contribution in [0.15, 0.2) is 53.4 Å². The summed E-state index contributed by atoms with van der Waals surface area (Å²) in [5.41, 5.74) is 1.32. The highest BCUT2D eigenvalue weighted by molar-refractivity contribution is 7.90. The van der Waals surface area contributed by atoms with Crippen LogP contribution in [0.2, 0.25) is 0 Å². The highest BCUT2D eigenvalue weighted by Gasteiger charge is 2.38. The molecule has 2 aromatic rings. The summed E-state index contributed by atoms with van der Waals surface area (Å²) in [5.74, 6) is 0.578. The predicted molar refractivity (Wildman–Crippen MR) is 105 cm³/mol. The SMILES string of the molecule is COc1ccccc1C1(CNC(=O)c2cccc(S(C)(=O)=O)c2)CCCC1. The lowest BCUT2D eigenvalue weighted by atomic mass is 9.78. The maximum Gasteiger partial charge on any atom is 0.251 e. The number of benzene rings is 2. The second-order valence-electron chi connectivity index (χ2n) is 7.17. The Morgan fingerprint density at radius 1 is 1.11 bits per heavy atom. The smallest absolute Gasteiger partial charge is 0.251 e.